The molecular weight excluding hydrogens is 378 g/mol. The van der Waals surface area contributed by atoms with Gasteiger partial charge in [-0.05, 0) is 65.0 Å². The number of alkyl halides is 3. The van der Waals surface area contributed by atoms with Crippen LogP contribution in [0.25, 0.3) is 0 Å². The minimum absolute atomic E-state index is 0.116. The van der Waals surface area contributed by atoms with Crippen LogP contribution in [0.3, 0.4) is 0 Å². The maximum atomic E-state index is 12.6. The van der Waals surface area contributed by atoms with Crippen LogP contribution in [0.1, 0.15) is 22.7 Å². The SMILES string of the molecule is CNC(c1ccc(I)cc1)c1ccc(C(F)(F)F)cc1. The third-order valence-corrected chi connectivity index (χ3v) is 3.78. The van der Waals surface area contributed by atoms with Crippen molar-refractivity contribution in [1.29, 1.82) is 0 Å². The first-order chi connectivity index (χ1) is 9.41. The predicted octanol–water partition coefficient (Wildman–Crippen LogP) is 4.62. The van der Waals surface area contributed by atoms with E-state index in [-0.39, 0.29) is 6.04 Å². The van der Waals surface area contributed by atoms with Gasteiger partial charge in [0.15, 0.2) is 0 Å². The normalized spacial score (nSPS) is 13.2. The molecule has 1 nitrogen and oxygen atoms in total. The second-order valence-electron chi connectivity index (χ2n) is 4.39. The molecule has 1 atom stereocenters. The maximum Gasteiger partial charge on any atom is 0.416 e. The Morgan fingerprint density at radius 3 is 1.75 bits per heavy atom. The highest BCUT2D eigenvalue weighted by Crippen LogP contribution is 2.31. The summed E-state index contributed by atoms with van der Waals surface area (Å²) in [4.78, 5) is 0. The van der Waals surface area contributed by atoms with Crippen molar-refractivity contribution in [3.8, 4) is 0 Å². The van der Waals surface area contributed by atoms with Crippen molar-refractivity contribution in [3.63, 3.8) is 0 Å². The van der Waals surface area contributed by atoms with Crippen molar-refractivity contribution in [1.82, 2.24) is 5.32 Å². The molecule has 0 aliphatic heterocycles. The molecular formula is C15H13F3IN. The van der Waals surface area contributed by atoms with E-state index in [1.807, 2.05) is 24.3 Å². The smallest absolute Gasteiger partial charge is 0.309 e. The summed E-state index contributed by atoms with van der Waals surface area (Å²) in [5, 5.41) is 3.13. The molecule has 2 aromatic carbocycles. The fourth-order valence-electron chi connectivity index (χ4n) is 2.05. The molecule has 106 valence electrons. The zero-order chi connectivity index (χ0) is 14.8. The summed E-state index contributed by atoms with van der Waals surface area (Å²) in [5.41, 5.74) is 1.20. The predicted molar refractivity (Wildman–Crippen MR) is 81.5 cm³/mol. The summed E-state index contributed by atoms with van der Waals surface area (Å²) in [6.45, 7) is 0. The van der Waals surface area contributed by atoms with E-state index in [1.54, 1.807) is 7.05 Å². The topological polar surface area (TPSA) is 12.0 Å². The molecule has 1 unspecified atom stereocenters. The molecule has 2 aromatic rings. The zero-order valence-corrected chi connectivity index (χ0v) is 12.9. The Kier molecular flexibility index (Phi) is 4.70. The second-order valence-corrected chi connectivity index (χ2v) is 5.64. The summed E-state index contributed by atoms with van der Waals surface area (Å²) in [7, 11) is 1.79. The molecule has 0 spiro atoms. The first kappa shape index (κ1) is 15.3. The van der Waals surface area contributed by atoms with Crippen molar-refractivity contribution in [3.05, 3.63) is 68.8 Å². The van der Waals surface area contributed by atoms with Gasteiger partial charge in [0.25, 0.3) is 0 Å². The van der Waals surface area contributed by atoms with Crippen LogP contribution < -0.4 is 5.32 Å². The van der Waals surface area contributed by atoms with Crippen LogP contribution in [0.4, 0.5) is 13.2 Å². The highest BCUT2D eigenvalue weighted by atomic mass is 127. The Morgan fingerprint density at radius 2 is 1.35 bits per heavy atom. The standard InChI is InChI=1S/C15H13F3IN/c1-20-14(11-4-8-13(19)9-5-11)10-2-6-12(7-3-10)15(16,17)18/h2-9,14,20H,1H3. The number of hydrogen-bond acceptors (Lipinski definition) is 1. The van der Waals surface area contributed by atoms with Gasteiger partial charge in [0.2, 0.25) is 0 Å². The highest BCUT2D eigenvalue weighted by Gasteiger charge is 2.30. The largest absolute Gasteiger partial charge is 0.416 e. The van der Waals surface area contributed by atoms with Crippen LogP contribution in [-0.2, 0) is 6.18 Å². The van der Waals surface area contributed by atoms with Crippen LogP contribution >= 0.6 is 22.6 Å². The Bertz CT molecular complexity index is 561. The van der Waals surface area contributed by atoms with Gasteiger partial charge in [-0.25, -0.2) is 0 Å². The summed E-state index contributed by atoms with van der Waals surface area (Å²) in [6, 6.07) is 13.0. The molecule has 0 fully saturated rings. The second kappa shape index (κ2) is 6.13. The van der Waals surface area contributed by atoms with Gasteiger partial charge in [-0.1, -0.05) is 24.3 Å². The fraction of sp³-hybridized carbons (Fsp3) is 0.200. The molecule has 0 aliphatic rings. The number of benzene rings is 2. The highest BCUT2D eigenvalue weighted by molar-refractivity contribution is 14.1. The van der Waals surface area contributed by atoms with E-state index in [4.69, 9.17) is 0 Å². The lowest BCUT2D eigenvalue weighted by Gasteiger charge is -2.18. The molecule has 0 aromatic heterocycles. The van der Waals surface area contributed by atoms with Gasteiger partial charge < -0.3 is 5.32 Å². The summed E-state index contributed by atoms with van der Waals surface area (Å²) < 4.78 is 38.8. The average molecular weight is 391 g/mol. The molecule has 5 heteroatoms. The van der Waals surface area contributed by atoms with E-state index in [2.05, 4.69) is 27.9 Å². The molecule has 0 heterocycles. The molecule has 0 saturated heterocycles. The third-order valence-electron chi connectivity index (χ3n) is 3.06. The maximum absolute atomic E-state index is 12.6. The van der Waals surface area contributed by atoms with Gasteiger partial charge in [0.1, 0.15) is 0 Å². The van der Waals surface area contributed by atoms with Crippen molar-refractivity contribution in [2.45, 2.75) is 12.2 Å². The van der Waals surface area contributed by atoms with E-state index < -0.39 is 11.7 Å². The van der Waals surface area contributed by atoms with Gasteiger partial charge >= 0.3 is 6.18 Å². The quantitative estimate of drug-likeness (QED) is 0.754. The van der Waals surface area contributed by atoms with Crippen molar-refractivity contribution in [2.75, 3.05) is 7.05 Å². The van der Waals surface area contributed by atoms with Crippen molar-refractivity contribution >= 4 is 22.6 Å². The molecule has 0 amide bonds. The van der Waals surface area contributed by atoms with Gasteiger partial charge in [-0.15, -0.1) is 0 Å². The first-order valence-corrected chi connectivity index (χ1v) is 7.09. The number of rotatable bonds is 3. The van der Waals surface area contributed by atoms with Crippen molar-refractivity contribution < 1.29 is 13.2 Å². The summed E-state index contributed by atoms with van der Waals surface area (Å²) in [6.07, 6.45) is -4.30. The number of nitrogens with one attached hydrogen (secondary N) is 1. The Hall–Kier alpha value is -1.08. The molecule has 0 saturated carbocycles. The Balaban J connectivity index is 2.30. The van der Waals surface area contributed by atoms with E-state index in [0.29, 0.717) is 0 Å². The number of halogens is 4. The van der Waals surface area contributed by atoms with Crippen LogP contribution in [-0.4, -0.2) is 7.05 Å². The van der Waals surface area contributed by atoms with Crippen LogP contribution in [0, 0.1) is 3.57 Å². The zero-order valence-electron chi connectivity index (χ0n) is 10.7. The van der Waals surface area contributed by atoms with E-state index in [1.165, 1.54) is 12.1 Å². The monoisotopic (exact) mass is 391 g/mol. The van der Waals surface area contributed by atoms with E-state index in [9.17, 15) is 13.2 Å². The lowest BCUT2D eigenvalue weighted by atomic mass is 9.98. The molecule has 0 aliphatic carbocycles. The molecule has 0 bridgehead atoms. The first-order valence-electron chi connectivity index (χ1n) is 6.01. The van der Waals surface area contributed by atoms with E-state index in [0.717, 1.165) is 26.8 Å². The number of hydrogen-bond donors (Lipinski definition) is 1. The lowest BCUT2D eigenvalue weighted by Crippen LogP contribution is -2.18. The third kappa shape index (κ3) is 3.52. The van der Waals surface area contributed by atoms with Gasteiger partial charge in [0, 0.05) is 3.57 Å². The van der Waals surface area contributed by atoms with Crippen LogP contribution in [0.15, 0.2) is 48.5 Å². The fourth-order valence-corrected chi connectivity index (χ4v) is 2.41. The molecule has 20 heavy (non-hydrogen) atoms. The molecule has 1 N–H and O–H groups in total. The van der Waals surface area contributed by atoms with Crippen molar-refractivity contribution in [2.24, 2.45) is 0 Å². The lowest BCUT2D eigenvalue weighted by molar-refractivity contribution is -0.137. The van der Waals surface area contributed by atoms with Crippen LogP contribution in [0.5, 0.6) is 0 Å². The molecule has 0 radical (unpaired) electrons. The molecule has 2 rings (SSSR count). The summed E-state index contributed by atoms with van der Waals surface area (Å²) >= 11 is 2.21. The van der Waals surface area contributed by atoms with E-state index >= 15 is 0 Å². The van der Waals surface area contributed by atoms with Gasteiger partial charge in [-0.2, -0.15) is 13.2 Å². The van der Waals surface area contributed by atoms with Gasteiger partial charge in [-0.3, -0.25) is 0 Å². The van der Waals surface area contributed by atoms with Crippen LogP contribution in [0.2, 0.25) is 0 Å². The minimum atomic E-state index is -4.30. The Labute approximate surface area is 129 Å². The van der Waals surface area contributed by atoms with Gasteiger partial charge in [0.05, 0.1) is 11.6 Å². The summed E-state index contributed by atoms with van der Waals surface area (Å²) in [5.74, 6) is 0. The minimum Gasteiger partial charge on any atom is -0.309 e. The Morgan fingerprint density at radius 1 is 0.900 bits per heavy atom. The average Bonchev–Trinajstić information content (AvgIpc) is 2.41.